The van der Waals surface area contributed by atoms with Crippen molar-refractivity contribution in [2.24, 2.45) is 0 Å². The molecule has 1 atom stereocenters. The van der Waals surface area contributed by atoms with Crippen molar-refractivity contribution in [3.05, 3.63) is 11.4 Å². The Labute approximate surface area is 95.1 Å². The number of aromatic nitrogens is 2. The summed E-state index contributed by atoms with van der Waals surface area (Å²) in [5.41, 5.74) is 0.926. The summed E-state index contributed by atoms with van der Waals surface area (Å²) in [4.78, 5) is 0.166. The van der Waals surface area contributed by atoms with Crippen molar-refractivity contribution in [3.63, 3.8) is 0 Å². The Hall–Kier alpha value is -0.920. The number of nitrogens with zero attached hydrogens (tertiary/aromatic N) is 1. The van der Waals surface area contributed by atoms with Crippen LogP contribution in [0, 0.1) is 13.8 Å². The Kier molecular flexibility index (Phi) is 4.06. The van der Waals surface area contributed by atoms with Crippen molar-refractivity contribution in [2.75, 3.05) is 6.61 Å². The lowest BCUT2D eigenvalue weighted by Crippen LogP contribution is -2.37. The number of aromatic amines is 1. The third-order valence-corrected chi connectivity index (χ3v) is 4.15. The average molecular weight is 247 g/mol. The molecule has 0 saturated heterocycles. The van der Waals surface area contributed by atoms with Crippen LogP contribution in [0.2, 0.25) is 0 Å². The summed E-state index contributed by atoms with van der Waals surface area (Å²) in [5, 5.41) is 15.4. The Morgan fingerprint density at radius 1 is 1.50 bits per heavy atom. The number of H-pyrrole nitrogens is 1. The third kappa shape index (κ3) is 2.60. The minimum atomic E-state index is -3.61. The lowest BCUT2D eigenvalue weighted by Gasteiger charge is -2.14. The average Bonchev–Trinajstić information content (AvgIpc) is 2.55. The topological polar surface area (TPSA) is 95.1 Å². The third-order valence-electron chi connectivity index (χ3n) is 2.36. The Morgan fingerprint density at radius 3 is 2.50 bits per heavy atom. The van der Waals surface area contributed by atoms with Crippen LogP contribution in [0.1, 0.15) is 24.7 Å². The molecule has 3 N–H and O–H groups in total. The van der Waals surface area contributed by atoms with Crippen molar-refractivity contribution in [1.29, 1.82) is 0 Å². The zero-order valence-electron chi connectivity index (χ0n) is 9.61. The Balaban J connectivity index is 3.03. The molecule has 0 aliphatic carbocycles. The summed E-state index contributed by atoms with van der Waals surface area (Å²) in [6, 6.07) is -0.460. The number of aryl methyl sites for hydroxylation is 2. The zero-order chi connectivity index (χ0) is 12.3. The van der Waals surface area contributed by atoms with E-state index in [-0.39, 0.29) is 11.5 Å². The maximum absolute atomic E-state index is 12.0. The van der Waals surface area contributed by atoms with Crippen LogP contribution in [0.25, 0.3) is 0 Å². The fourth-order valence-corrected chi connectivity index (χ4v) is 3.15. The van der Waals surface area contributed by atoms with Crippen molar-refractivity contribution in [3.8, 4) is 0 Å². The van der Waals surface area contributed by atoms with Crippen LogP contribution in [0.15, 0.2) is 4.90 Å². The monoisotopic (exact) mass is 247 g/mol. The number of aliphatic hydroxyl groups is 1. The maximum Gasteiger partial charge on any atom is 0.244 e. The van der Waals surface area contributed by atoms with Gasteiger partial charge in [0.25, 0.3) is 0 Å². The molecule has 1 aromatic heterocycles. The van der Waals surface area contributed by atoms with Gasteiger partial charge in [0, 0.05) is 6.04 Å². The molecular formula is C9H17N3O3S. The normalized spacial score (nSPS) is 14.0. The molecule has 6 nitrogen and oxygen atoms in total. The number of rotatable bonds is 5. The Bertz CT molecular complexity index is 429. The van der Waals surface area contributed by atoms with E-state index < -0.39 is 16.1 Å². The second kappa shape index (κ2) is 4.94. The summed E-state index contributed by atoms with van der Waals surface area (Å²) >= 11 is 0. The van der Waals surface area contributed by atoms with Gasteiger partial charge in [-0.05, 0) is 20.3 Å². The largest absolute Gasteiger partial charge is 0.395 e. The molecule has 1 heterocycles. The summed E-state index contributed by atoms with van der Waals surface area (Å²) in [6.07, 6.45) is 0.533. The smallest absolute Gasteiger partial charge is 0.244 e. The minimum Gasteiger partial charge on any atom is -0.395 e. The number of hydrogen-bond donors (Lipinski definition) is 3. The fraction of sp³-hybridized carbons (Fsp3) is 0.667. The summed E-state index contributed by atoms with van der Waals surface area (Å²) in [5.74, 6) is 0. The van der Waals surface area contributed by atoms with E-state index in [2.05, 4.69) is 14.9 Å². The van der Waals surface area contributed by atoms with E-state index in [0.717, 1.165) is 0 Å². The fourth-order valence-electron chi connectivity index (χ4n) is 1.46. The molecule has 0 amide bonds. The molecule has 0 spiro atoms. The molecule has 0 bridgehead atoms. The standard InChI is InChI=1S/C9H17N3O3S/c1-4-8(5-13)12-16(14,15)9-6(2)10-11-7(9)3/h8,12-13H,4-5H2,1-3H3,(H,10,11)/t8-/m0/s1. The second-order valence-electron chi connectivity index (χ2n) is 3.67. The van der Waals surface area contributed by atoms with Gasteiger partial charge in [0.05, 0.1) is 18.0 Å². The molecule has 0 unspecified atom stereocenters. The first kappa shape index (κ1) is 13.1. The van der Waals surface area contributed by atoms with Gasteiger partial charge in [0.2, 0.25) is 10.0 Å². The first-order chi connectivity index (χ1) is 7.42. The first-order valence-corrected chi connectivity index (χ1v) is 6.55. The molecule has 7 heteroatoms. The highest BCUT2D eigenvalue weighted by molar-refractivity contribution is 7.89. The second-order valence-corrected chi connectivity index (χ2v) is 5.32. The van der Waals surface area contributed by atoms with E-state index in [1.807, 2.05) is 0 Å². The number of aliphatic hydroxyl groups excluding tert-OH is 1. The molecule has 0 saturated carbocycles. The predicted molar refractivity (Wildman–Crippen MR) is 59.5 cm³/mol. The predicted octanol–water partition coefficient (Wildman–Crippen LogP) is 0.0757. The van der Waals surface area contributed by atoms with Gasteiger partial charge in [-0.2, -0.15) is 5.10 Å². The van der Waals surface area contributed by atoms with Crippen LogP contribution in [0.4, 0.5) is 0 Å². The van der Waals surface area contributed by atoms with E-state index in [4.69, 9.17) is 5.11 Å². The molecule has 1 rings (SSSR count). The van der Waals surface area contributed by atoms with Crippen LogP contribution < -0.4 is 4.72 Å². The van der Waals surface area contributed by atoms with Gasteiger partial charge in [-0.3, -0.25) is 5.10 Å². The van der Waals surface area contributed by atoms with Crippen LogP contribution in [-0.2, 0) is 10.0 Å². The molecule has 92 valence electrons. The van der Waals surface area contributed by atoms with Gasteiger partial charge in [-0.15, -0.1) is 0 Å². The van der Waals surface area contributed by atoms with Crippen LogP contribution in [0.5, 0.6) is 0 Å². The summed E-state index contributed by atoms with van der Waals surface area (Å²) < 4.78 is 26.4. The highest BCUT2D eigenvalue weighted by Gasteiger charge is 2.24. The van der Waals surface area contributed by atoms with Crippen molar-refractivity contribution >= 4 is 10.0 Å². The Morgan fingerprint density at radius 2 is 2.12 bits per heavy atom. The summed E-state index contributed by atoms with van der Waals surface area (Å²) in [7, 11) is -3.61. The van der Waals surface area contributed by atoms with Gasteiger partial charge in [-0.1, -0.05) is 6.92 Å². The van der Waals surface area contributed by atoms with Gasteiger partial charge in [-0.25, -0.2) is 13.1 Å². The lowest BCUT2D eigenvalue weighted by atomic mass is 10.3. The molecule has 0 aromatic carbocycles. The molecule has 0 aliphatic heterocycles. The molecule has 0 aliphatic rings. The number of hydrogen-bond acceptors (Lipinski definition) is 4. The van der Waals surface area contributed by atoms with Crippen LogP contribution in [-0.4, -0.2) is 36.4 Å². The van der Waals surface area contributed by atoms with Gasteiger partial charge >= 0.3 is 0 Å². The minimum absolute atomic E-state index is 0.166. The van der Waals surface area contributed by atoms with Gasteiger partial charge in [0.15, 0.2) is 0 Å². The van der Waals surface area contributed by atoms with Crippen molar-refractivity contribution < 1.29 is 13.5 Å². The van der Waals surface area contributed by atoms with Gasteiger partial charge in [0.1, 0.15) is 4.90 Å². The lowest BCUT2D eigenvalue weighted by molar-refractivity contribution is 0.254. The number of nitrogens with one attached hydrogen (secondary N) is 2. The number of sulfonamides is 1. The maximum atomic E-state index is 12.0. The molecule has 0 radical (unpaired) electrons. The van der Waals surface area contributed by atoms with E-state index in [1.54, 1.807) is 20.8 Å². The molecule has 0 fully saturated rings. The molecule has 1 aromatic rings. The van der Waals surface area contributed by atoms with Gasteiger partial charge < -0.3 is 5.11 Å². The molecular weight excluding hydrogens is 230 g/mol. The van der Waals surface area contributed by atoms with E-state index in [0.29, 0.717) is 17.8 Å². The van der Waals surface area contributed by atoms with E-state index in [1.165, 1.54) is 0 Å². The zero-order valence-corrected chi connectivity index (χ0v) is 10.4. The highest BCUT2D eigenvalue weighted by Crippen LogP contribution is 2.16. The summed E-state index contributed by atoms with van der Waals surface area (Å²) in [6.45, 7) is 4.86. The van der Waals surface area contributed by atoms with E-state index >= 15 is 0 Å². The van der Waals surface area contributed by atoms with Crippen molar-refractivity contribution in [2.45, 2.75) is 38.1 Å². The van der Waals surface area contributed by atoms with Crippen LogP contribution >= 0.6 is 0 Å². The SMILES string of the molecule is CC[C@@H](CO)NS(=O)(=O)c1c(C)n[nH]c1C. The van der Waals surface area contributed by atoms with E-state index in [9.17, 15) is 8.42 Å². The van der Waals surface area contributed by atoms with Crippen molar-refractivity contribution in [1.82, 2.24) is 14.9 Å². The highest BCUT2D eigenvalue weighted by atomic mass is 32.2. The first-order valence-electron chi connectivity index (χ1n) is 5.07. The van der Waals surface area contributed by atoms with Crippen LogP contribution in [0.3, 0.4) is 0 Å². The quantitative estimate of drug-likeness (QED) is 0.686. The molecule has 16 heavy (non-hydrogen) atoms.